The van der Waals surface area contributed by atoms with Crippen LogP contribution < -0.4 is 14.4 Å². The van der Waals surface area contributed by atoms with Crippen molar-refractivity contribution >= 4 is 32.4 Å². The Kier molecular flexibility index (Phi) is 7.31. The molecule has 4 aromatic carbocycles. The van der Waals surface area contributed by atoms with Crippen LogP contribution in [0, 0.1) is 12.7 Å². The average molecular weight is 493 g/mol. The molecule has 0 saturated heterocycles. The zero-order chi connectivity index (χ0) is 24.8. The smallest absolute Gasteiger partial charge is 0.264 e. The first-order chi connectivity index (χ1) is 16.8. The number of halogens is 1. The summed E-state index contributed by atoms with van der Waals surface area (Å²) in [6, 6.07) is 24.9. The number of rotatable bonds is 9. The van der Waals surface area contributed by atoms with Crippen molar-refractivity contribution in [2.75, 3.05) is 24.0 Å². The lowest BCUT2D eigenvalue weighted by Gasteiger charge is -2.24. The first-order valence-corrected chi connectivity index (χ1v) is 12.5. The molecule has 6 nitrogen and oxygen atoms in total. The van der Waals surface area contributed by atoms with Gasteiger partial charge in [-0.3, -0.25) is 9.10 Å². The van der Waals surface area contributed by atoms with E-state index in [0.29, 0.717) is 5.75 Å². The molecule has 8 heteroatoms. The number of ether oxygens (including phenoxy) is 1. The van der Waals surface area contributed by atoms with Gasteiger partial charge in [-0.1, -0.05) is 54.1 Å². The van der Waals surface area contributed by atoms with Crippen molar-refractivity contribution in [2.24, 2.45) is 0 Å². The van der Waals surface area contributed by atoms with Gasteiger partial charge in [0.15, 0.2) is 0 Å². The lowest BCUT2D eigenvalue weighted by Crippen LogP contribution is -2.41. The summed E-state index contributed by atoms with van der Waals surface area (Å²) in [5, 5.41) is 4.71. The predicted molar refractivity (Wildman–Crippen MR) is 135 cm³/mol. The Morgan fingerprint density at radius 3 is 2.34 bits per heavy atom. The molecule has 0 fully saturated rings. The number of carbonyl (C=O) groups is 1. The van der Waals surface area contributed by atoms with Crippen molar-refractivity contribution in [1.82, 2.24) is 5.32 Å². The predicted octanol–water partition coefficient (Wildman–Crippen LogP) is 4.68. The number of hydrogen-bond acceptors (Lipinski definition) is 4. The van der Waals surface area contributed by atoms with E-state index in [1.165, 1.54) is 24.3 Å². The fourth-order valence-electron chi connectivity index (χ4n) is 3.62. The van der Waals surface area contributed by atoms with Gasteiger partial charge in [0.25, 0.3) is 10.0 Å². The van der Waals surface area contributed by atoms with Crippen LogP contribution in [0.3, 0.4) is 0 Å². The number of amides is 1. The van der Waals surface area contributed by atoms with Crippen LogP contribution >= 0.6 is 0 Å². The maximum Gasteiger partial charge on any atom is 0.264 e. The van der Waals surface area contributed by atoms with Crippen LogP contribution in [-0.2, 0) is 14.8 Å². The van der Waals surface area contributed by atoms with Crippen LogP contribution in [-0.4, -0.2) is 34.0 Å². The van der Waals surface area contributed by atoms with Gasteiger partial charge in [0.2, 0.25) is 5.91 Å². The number of benzene rings is 4. The minimum absolute atomic E-state index is 0.0412. The highest BCUT2D eigenvalue weighted by Gasteiger charge is 2.27. The van der Waals surface area contributed by atoms with E-state index in [-0.39, 0.29) is 23.7 Å². The van der Waals surface area contributed by atoms with Crippen LogP contribution in [0.5, 0.6) is 5.75 Å². The van der Waals surface area contributed by atoms with Gasteiger partial charge in [-0.05, 0) is 54.8 Å². The van der Waals surface area contributed by atoms with Gasteiger partial charge in [-0.2, -0.15) is 0 Å². The Hall–Kier alpha value is -3.91. The third kappa shape index (κ3) is 5.78. The van der Waals surface area contributed by atoms with Crippen molar-refractivity contribution < 1.29 is 22.3 Å². The molecule has 4 rings (SSSR count). The number of carbonyl (C=O) groups excluding carboxylic acids is 1. The van der Waals surface area contributed by atoms with Gasteiger partial charge in [-0.25, -0.2) is 12.8 Å². The van der Waals surface area contributed by atoms with Crippen molar-refractivity contribution in [3.63, 3.8) is 0 Å². The molecule has 0 unspecified atom stereocenters. The van der Waals surface area contributed by atoms with Crippen LogP contribution in [0.25, 0.3) is 10.8 Å². The fourth-order valence-corrected chi connectivity index (χ4v) is 5.04. The monoisotopic (exact) mass is 492 g/mol. The highest BCUT2D eigenvalue weighted by Crippen LogP contribution is 2.25. The lowest BCUT2D eigenvalue weighted by atomic mass is 10.1. The first kappa shape index (κ1) is 24.2. The lowest BCUT2D eigenvalue weighted by molar-refractivity contribution is -0.119. The minimum atomic E-state index is -4.06. The van der Waals surface area contributed by atoms with E-state index in [4.69, 9.17) is 4.74 Å². The van der Waals surface area contributed by atoms with E-state index in [1.807, 2.05) is 49.4 Å². The molecule has 180 valence electrons. The molecule has 0 aliphatic rings. The second-order valence-corrected chi connectivity index (χ2v) is 9.84. The van der Waals surface area contributed by atoms with Crippen LogP contribution in [0.15, 0.2) is 95.9 Å². The summed E-state index contributed by atoms with van der Waals surface area (Å²) in [6.45, 7) is 1.78. The normalized spacial score (nSPS) is 11.3. The molecule has 0 aliphatic heterocycles. The summed E-state index contributed by atoms with van der Waals surface area (Å²) in [5.74, 6) is -0.310. The molecule has 0 spiro atoms. The van der Waals surface area contributed by atoms with E-state index >= 15 is 0 Å². The van der Waals surface area contributed by atoms with E-state index < -0.39 is 28.3 Å². The van der Waals surface area contributed by atoms with Crippen LogP contribution in [0.1, 0.15) is 5.56 Å². The van der Waals surface area contributed by atoms with Gasteiger partial charge in [0.1, 0.15) is 24.7 Å². The fraction of sp³-hybridized carbons (Fsp3) is 0.148. The van der Waals surface area contributed by atoms with Gasteiger partial charge in [0, 0.05) is 5.39 Å². The minimum Gasteiger partial charge on any atom is -0.491 e. The molecule has 0 bridgehead atoms. The SMILES string of the molecule is Cc1ccc(S(=O)(=O)N(CC(=O)NCCOc2cccc3ccccc23)c2ccc(F)cc2)cc1. The highest BCUT2D eigenvalue weighted by atomic mass is 32.2. The van der Waals surface area contributed by atoms with Crippen molar-refractivity contribution in [3.8, 4) is 5.75 Å². The standard InChI is InChI=1S/C27H25FN2O4S/c1-20-9-15-24(16-10-20)35(32,33)30(23-13-11-22(28)12-14-23)19-27(31)29-17-18-34-26-8-4-6-21-5-2-3-7-25(21)26/h2-16H,17-19H2,1H3,(H,29,31). The molecule has 0 radical (unpaired) electrons. The number of anilines is 1. The van der Waals surface area contributed by atoms with Crippen LogP contribution in [0.4, 0.5) is 10.1 Å². The summed E-state index contributed by atoms with van der Waals surface area (Å²) < 4.78 is 46.9. The van der Waals surface area contributed by atoms with E-state index in [1.54, 1.807) is 12.1 Å². The second-order valence-electron chi connectivity index (χ2n) is 7.98. The summed E-state index contributed by atoms with van der Waals surface area (Å²) in [6.07, 6.45) is 0. The Morgan fingerprint density at radius 2 is 1.60 bits per heavy atom. The Bertz CT molecular complexity index is 1420. The summed E-state index contributed by atoms with van der Waals surface area (Å²) >= 11 is 0. The number of nitrogens with one attached hydrogen (secondary N) is 1. The van der Waals surface area contributed by atoms with Gasteiger partial charge >= 0.3 is 0 Å². The molecular formula is C27H25FN2O4S. The Labute approximate surface area is 204 Å². The first-order valence-electron chi connectivity index (χ1n) is 11.1. The summed E-state index contributed by atoms with van der Waals surface area (Å²) in [5.41, 5.74) is 1.09. The number of fused-ring (bicyclic) bond motifs is 1. The van der Waals surface area contributed by atoms with Gasteiger partial charge in [-0.15, -0.1) is 0 Å². The average Bonchev–Trinajstić information content (AvgIpc) is 2.86. The van der Waals surface area contributed by atoms with E-state index in [9.17, 15) is 17.6 Å². The zero-order valence-corrected chi connectivity index (χ0v) is 20.0. The number of nitrogens with zero attached hydrogens (tertiary/aromatic N) is 1. The van der Waals surface area contributed by atoms with Crippen molar-refractivity contribution in [1.29, 1.82) is 0 Å². The quantitative estimate of drug-likeness (QED) is 0.344. The van der Waals surface area contributed by atoms with Crippen molar-refractivity contribution in [2.45, 2.75) is 11.8 Å². The molecule has 0 atom stereocenters. The maximum atomic E-state index is 13.5. The number of sulfonamides is 1. The summed E-state index contributed by atoms with van der Waals surface area (Å²) in [4.78, 5) is 12.7. The molecular weight excluding hydrogens is 467 g/mol. The third-order valence-electron chi connectivity index (χ3n) is 5.44. The number of hydrogen-bond donors (Lipinski definition) is 1. The molecule has 35 heavy (non-hydrogen) atoms. The molecule has 0 aliphatic carbocycles. The molecule has 1 amide bonds. The highest BCUT2D eigenvalue weighted by molar-refractivity contribution is 7.92. The summed E-state index contributed by atoms with van der Waals surface area (Å²) in [7, 11) is -4.06. The maximum absolute atomic E-state index is 13.5. The molecule has 0 saturated carbocycles. The largest absolute Gasteiger partial charge is 0.491 e. The molecule has 1 N–H and O–H groups in total. The Morgan fingerprint density at radius 1 is 0.914 bits per heavy atom. The third-order valence-corrected chi connectivity index (χ3v) is 7.23. The molecule has 0 aromatic heterocycles. The van der Waals surface area contributed by atoms with Gasteiger partial charge < -0.3 is 10.1 Å². The van der Waals surface area contributed by atoms with E-state index in [2.05, 4.69) is 5.32 Å². The van der Waals surface area contributed by atoms with E-state index in [0.717, 1.165) is 32.8 Å². The zero-order valence-electron chi connectivity index (χ0n) is 19.1. The topological polar surface area (TPSA) is 75.7 Å². The van der Waals surface area contributed by atoms with Crippen LogP contribution in [0.2, 0.25) is 0 Å². The second kappa shape index (κ2) is 10.6. The molecule has 4 aromatic rings. The van der Waals surface area contributed by atoms with Gasteiger partial charge in [0.05, 0.1) is 17.1 Å². The number of aryl methyl sites for hydroxylation is 1. The van der Waals surface area contributed by atoms with Crippen molar-refractivity contribution in [3.05, 3.63) is 102 Å². The molecule has 0 heterocycles. The Balaban J connectivity index is 1.44.